The fraction of sp³-hybridized carbons (Fsp3) is 0.297. The lowest BCUT2D eigenvalue weighted by Gasteiger charge is -2.32. The average Bonchev–Trinajstić information content (AvgIpc) is 3.34. The van der Waals surface area contributed by atoms with Crippen molar-refractivity contribution < 1.29 is 19.1 Å². The van der Waals surface area contributed by atoms with Crippen molar-refractivity contribution in [2.45, 2.75) is 70.0 Å². The summed E-state index contributed by atoms with van der Waals surface area (Å²) in [4.78, 5) is 25.9. The molecule has 0 aromatic heterocycles. The molecular weight excluding hydrogens is 508 g/mol. The van der Waals surface area contributed by atoms with Crippen molar-refractivity contribution in [3.8, 4) is 11.5 Å². The summed E-state index contributed by atoms with van der Waals surface area (Å²) in [6, 6.07) is 28.1. The molecule has 0 amide bonds. The van der Waals surface area contributed by atoms with E-state index in [0.29, 0.717) is 35.8 Å². The average molecular weight is 545 g/mol. The van der Waals surface area contributed by atoms with E-state index in [1.807, 2.05) is 72.8 Å². The van der Waals surface area contributed by atoms with Crippen LogP contribution in [0.1, 0.15) is 94.6 Å². The highest BCUT2D eigenvalue weighted by molar-refractivity contribution is 5.89. The second kappa shape index (κ2) is 10.0. The zero-order valence-electron chi connectivity index (χ0n) is 24.2. The molecule has 0 saturated carbocycles. The minimum atomic E-state index is -0.525. The van der Waals surface area contributed by atoms with Crippen LogP contribution >= 0.6 is 0 Å². The summed E-state index contributed by atoms with van der Waals surface area (Å²) in [5, 5.41) is 0. The predicted octanol–water partition coefficient (Wildman–Crippen LogP) is 8.12. The Morgan fingerprint density at radius 3 is 1.34 bits per heavy atom. The molecular formula is C37H36O4. The van der Waals surface area contributed by atoms with E-state index in [9.17, 15) is 9.59 Å². The van der Waals surface area contributed by atoms with E-state index < -0.39 is 5.41 Å². The third-order valence-electron chi connectivity index (χ3n) is 9.02. The molecule has 208 valence electrons. The summed E-state index contributed by atoms with van der Waals surface area (Å²) in [5.74, 6) is 1.16. The van der Waals surface area contributed by atoms with Gasteiger partial charge in [0.1, 0.15) is 24.7 Å². The van der Waals surface area contributed by atoms with Crippen LogP contribution in [0.5, 0.6) is 11.5 Å². The van der Waals surface area contributed by atoms with Crippen molar-refractivity contribution >= 4 is 12.6 Å². The first-order valence-electron chi connectivity index (χ1n) is 14.3. The van der Waals surface area contributed by atoms with Gasteiger partial charge in [0.05, 0.1) is 11.1 Å². The first-order valence-corrected chi connectivity index (χ1v) is 14.3. The number of rotatable bonds is 8. The van der Waals surface area contributed by atoms with E-state index in [4.69, 9.17) is 9.47 Å². The second-order valence-electron chi connectivity index (χ2n) is 12.8. The van der Waals surface area contributed by atoms with Crippen LogP contribution in [-0.4, -0.2) is 12.6 Å². The third kappa shape index (κ3) is 4.46. The van der Waals surface area contributed by atoms with Crippen molar-refractivity contribution in [1.29, 1.82) is 0 Å². The van der Waals surface area contributed by atoms with Crippen molar-refractivity contribution in [2.24, 2.45) is 0 Å². The summed E-state index contributed by atoms with van der Waals surface area (Å²) in [7, 11) is 0. The van der Waals surface area contributed by atoms with Crippen LogP contribution in [0.2, 0.25) is 0 Å². The minimum absolute atomic E-state index is 0.205. The number of fused-ring (bicyclic) bond motifs is 4. The van der Waals surface area contributed by atoms with Crippen LogP contribution < -0.4 is 9.47 Å². The van der Waals surface area contributed by atoms with E-state index >= 15 is 0 Å². The molecule has 4 aromatic rings. The van der Waals surface area contributed by atoms with Gasteiger partial charge in [-0.1, -0.05) is 100 Å². The summed E-state index contributed by atoms with van der Waals surface area (Å²) < 4.78 is 12.6. The zero-order chi connectivity index (χ0) is 28.8. The van der Waals surface area contributed by atoms with Gasteiger partial charge in [-0.05, 0) is 69.2 Å². The molecule has 0 saturated heterocycles. The van der Waals surface area contributed by atoms with Gasteiger partial charge < -0.3 is 9.47 Å². The normalized spacial score (nSPS) is 17.1. The van der Waals surface area contributed by atoms with E-state index in [0.717, 1.165) is 58.8 Å². The van der Waals surface area contributed by atoms with Gasteiger partial charge >= 0.3 is 0 Å². The molecule has 0 aliphatic heterocycles. The molecule has 4 nitrogen and oxygen atoms in total. The monoisotopic (exact) mass is 544 g/mol. The van der Waals surface area contributed by atoms with Gasteiger partial charge in [0.2, 0.25) is 0 Å². The lowest BCUT2D eigenvalue weighted by molar-refractivity contribution is 0.111. The fourth-order valence-electron chi connectivity index (χ4n) is 7.56. The van der Waals surface area contributed by atoms with Gasteiger partial charge in [-0.2, -0.15) is 0 Å². The van der Waals surface area contributed by atoms with Crippen molar-refractivity contribution in [3.05, 3.63) is 129 Å². The van der Waals surface area contributed by atoms with Crippen molar-refractivity contribution in [3.63, 3.8) is 0 Å². The minimum Gasteiger partial charge on any atom is -0.488 e. The molecule has 0 atom stereocenters. The fourth-order valence-corrected chi connectivity index (χ4v) is 7.56. The number of hydrogen-bond acceptors (Lipinski definition) is 4. The van der Waals surface area contributed by atoms with Gasteiger partial charge in [-0.3, -0.25) is 9.59 Å². The maximum absolute atomic E-state index is 12.9. The summed E-state index contributed by atoms with van der Waals surface area (Å²) >= 11 is 0. The second-order valence-corrected chi connectivity index (χ2v) is 12.8. The maximum Gasteiger partial charge on any atom is 0.154 e. The number of carbonyl (C=O) groups is 2. The lowest BCUT2D eigenvalue weighted by Crippen LogP contribution is -2.29. The van der Waals surface area contributed by atoms with Crippen LogP contribution in [0.15, 0.2) is 84.9 Å². The lowest BCUT2D eigenvalue weighted by atomic mass is 9.70. The van der Waals surface area contributed by atoms with E-state index in [1.54, 1.807) is 0 Å². The molecule has 0 fully saturated rings. The third-order valence-corrected chi connectivity index (χ3v) is 9.02. The number of benzene rings is 4. The largest absolute Gasteiger partial charge is 0.488 e. The Kier molecular flexibility index (Phi) is 6.60. The zero-order valence-corrected chi connectivity index (χ0v) is 24.2. The molecule has 41 heavy (non-hydrogen) atoms. The van der Waals surface area contributed by atoms with E-state index in [-0.39, 0.29) is 10.8 Å². The Bertz CT molecular complexity index is 1490. The van der Waals surface area contributed by atoms with Crippen molar-refractivity contribution in [1.82, 2.24) is 0 Å². The number of ether oxygens (including phenoxy) is 2. The van der Waals surface area contributed by atoms with Crippen LogP contribution in [0.3, 0.4) is 0 Å². The van der Waals surface area contributed by atoms with Crippen LogP contribution in [0.4, 0.5) is 0 Å². The summed E-state index contributed by atoms with van der Waals surface area (Å²) in [6.45, 7) is 9.69. The molecule has 2 aliphatic carbocycles. The van der Waals surface area contributed by atoms with Gasteiger partial charge in [0.25, 0.3) is 0 Å². The molecule has 4 aromatic carbocycles. The number of carbonyl (C=O) groups excluding carboxylic acids is 2. The summed E-state index contributed by atoms with van der Waals surface area (Å²) in [5.41, 5.74) is 6.59. The van der Waals surface area contributed by atoms with Gasteiger partial charge in [-0.15, -0.1) is 0 Å². The smallest absolute Gasteiger partial charge is 0.154 e. The van der Waals surface area contributed by atoms with Crippen molar-refractivity contribution in [2.75, 3.05) is 0 Å². The predicted molar refractivity (Wildman–Crippen MR) is 161 cm³/mol. The molecule has 6 rings (SSSR count). The maximum atomic E-state index is 12.9. The number of hydrogen-bond donors (Lipinski definition) is 0. The van der Waals surface area contributed by atoms with E-state index in [2.05, 4.69) is 39.8 Å². The van der Waals surface area contributed by atoms with Crippen LogP contribution in [0.25, 0.3) is 0 Å². The highest BCUT2D eigenvalue weighted by Crippen LogP contribution is 2.65. The Hall–Kier alpha value is -4.18. The van der Waals surface area contributed by atoms with Gasteiger partial charge in [-0.25, -0.2) is 0 Å². The Balaban J connectivity index is 1.51. The van der Waals surface area contributed by atoms with Gasteiger partial charge in [0, 0.05) is 5.41 Å². The quantitative estimate of drug-likeness (QED) is 0.210. The first-order chi connectivity index (χ1) is 19.7. The molecule has 1 spiro atoms. The molecule has 0 unspecified atom stereocenters. The Labute approximate surface area is 242 Å². The molecule has 0 heterocycles. The van der Waals surface area contributed by atoms with Crippen LogP contribution in [-0.2, 0) is 29.5 Å². The molecule has 0 N–H and O–H groups in total. The number of aldehydes is 2. The Morgan fingerprint density at radius 2 is 0.976 bits per heavy atom. The van der Waals surface area contributed by atoms with E-state index in [1.165, 1.54) is 0 Å². The summed E-state index contributed by atoms with van der Waals surface area (Å²) in [6.07, 6.45) is 3.47. The van der Waals surface area contributed by atoms with Gasteiger partial charge in [0.15, 0.2) is 12.6 Å². The topological polar surface area (TPSA) is 52.6 Å². The van der Waals surface area contributed by atoms with Crippen LogP contribution in [0, 0.1) is 0 Å². The highest BCUT2D eigenvalue weighted by Gasteiger charge is 2.58. The SMILES string of the molecule is CC1(C)CC2(CC(C)(C)c3ccc(OCc4ccccc4)c(C=O)c32)c2c1ccc(OCc1ccccc1)c2C=O. The molecule has 4 heteroatoms. The Morgan fingerprint density at radius 1 is 0.585 bits per heavy atom. The molecule has 2 aliphatic rings. The standard InChI is InChI=1S/C37H36O4/c1-35(2)23-37(33-27(19-38)31(17-15-29(33)35)40-21-25-11-7-5-8-12-25)24-36(3,4)30-16-18-32(28(20-39)34(30)37)41-22-26-13-9-6-10-14-26/h5-20H,21-24H2,1-4H3. The highest BCUT2D eigenvalue weighted by atomic mass is 16.5. The molecule has 0 bridgehead atoms. The first kappa shape index (κ1) is 27.0. The molecule has 0 radical (unpaired) electrons.